The zero-order valence-electron chi connectivity index (χ0n) is 12.1. The summed E-state index contributed by atoms with van der Waals surface area (Å²) < 4.78 is 0. The molecule has 0 bridgehead atoms. The van der Waals surface area contributed by atoms with Crippen molar-refractivity contribution in [1.29, 1.82) is 0 Å². The van der Waals surface area contributed by atoms with Crippen molar-refractivity contribution >= 4 is 23.6 Å². The van der Waals surface area contributed by atoms with Gasteiger partial charge in [0.1, 0.15) is 6.54 Å². The molecule has 0 aromatic heterocycles. The highest BCUT2D eigenvalue weighted by atomic mass is 32.2. The van der Waals surface area contributed by atoms with Crippen LogP contribution in [0.2, 0.25) is 0 Å². The van der Waals surface area contributed by atoms with Gasteiger partial charge in [-0.1, -0.05) is 23.8 Å². The van der Waals surface area contributed by atoms with Crippen LogP contribution in [0.1, 0.15) is 29.7 Å². The molecule has 1 saturated heterocycles. The quantitative estimate of drug-likeness (QED) is 0.923. The molecule has 1 aromatic carbocycles. The molecular weight excluding hydrogens is 272 g/mol. The number of thioether (sulfide) groups is 1. The maximum atomic E-state index is 12.0. The monoisotopic (exact) mass is 292 g/mol. The Kier molecular flexibility index (Phi) is 4.70. The smallest absolute Gasteiger partial charge is 0.240 e. The van der Waals surface area contributed by atoms with Crippen molar-refractivity contribution in [1.82, 2.24) is 10.2 Å². The van der Waals surface area contributed by atoms with Crippen LogP contribution in [0.4, 0.5) is 0 Å². The first-order valence-corrected chi connectivity index (χ1v) is 7.85. The summed E-state index contributed by atoms with van der Waals surface area (Å²) in [4.78, 5) is 25.1. The number of carbonyl (C=O) groups is 2. The van der Waals surface area contributed by atoms with E-state index in [1.165, 1.54) is 5.56 Å². The average molecular weight is 292 g/mol. The third-order valence-electron chi connectivity index (χ3n) is 3.44. The van der Waals surface area contributed by atoms with Crippen LogP contribution in [0, 0.1) is 13.8 Å². The second-order valence-electron chi connectivity index (χ2n) is 5.22. The summed E-state index contributed by atoms with van der Waals surface area (Å²) in [6, 6.07) is 6.17. The van der Waals surface area contributed by atoms with Crippen molar-refractivity contribution in [2.24, 2.45) is 0 Å². The molecular formula is C15H20N2O2S. The van der Waals surface area contributed by atoms with Gasteiger partial charge in [0.25, 0.3) is 0 Å². The molecule has 4 nitrogen and oxygen atoms in total. The van der Waals surface area contributed by atoms with E-state index in [0.29, 0.717) is 11.6 Å². The topological polar surface area (TPSA) is 49.4 Å². The summed E-state index contributed by atoms with van der Waals surface area (Å²) >= 11 is 1.55. The van der Waals surface area contributed by atoms with Crippen LogP contribution in [0.15, 0.2) is 18.2 Å². The van der Waals surface area contributed by atoms with Crippen LogP contribution in [0.5, 0.6) is 0 Å². The molecule has 1 N–H and O–H groups in total. The van der Waals surface area contributed by atoms with Crippen LogP contribution in [0.3, 0.4) is 0 Å². The SMILES string of the molecule is Cc1ccc(C)c([C@H](C)NC(=O)CN2CSCC2=O)c1. The van der Waals surface area contributed by atoms with Crippen LogP contribution < -0.4 is 5.32 Å². The lowest BCUT2D eigenvalue weighted by molar-refractivity contribution is -0.132. The van der Waals surface area contributed by atoms with Crippen LogP contribution in [0.25, 0.3) is 0 Å². The van der Waals surface area contributed by atoms with Gasteiger partial charge in [-0.2, -0.15) is 0 Å². The predicted molar refractivity (Wildman–Crippen MR) is 81.5 cm³/mol. The largest absolute Gasteiger partial charge is 0.348 e. The molecule has 20 heavy (non-hydrogen) atoms. The summed E-state index contributed by atoms with van der Waals surface area (Å²) in [6.45, 7) is 6.21. The van der Waals surface area contributed by atoms with Gasteiger partial charge in [0.15, 0.2) is 0 Å². The van der Waals surface area contributed by atoms with Gasteiger partial charge >= 0.3 is 0 Å². The number of aryl methyl sites for hydroxylation is 2. The van der Waals surface area contributed by atoms with E-state index >= 15 is 0 Å². The second-order valence-corrected chi connectivity index (χ2v) is 6.17. The first-order valence-electron chi connectivity index (χ1n) is 6.69. The molecule has 2 amide bonds. The average Bonchev–Trinajstić information content (AvgIpc) is 2.77. The summed E-state index contributed by atoms with van der Waals surface area (Å²) in [6.07, 6.45) is 0. The molecule has 108 valence electrons. The van der Waals surface area contributed by atoms with E-state index in [9.17, 15) is 9.59 Å². The van der Waals surface area contributed by atoms with E-state index in [1.807, 2.05) is 20.8 Å². The van der Waals surface area contributed by atoms with E-state index in [1.54, 1.807) is 16.7 Å². The Morgan fingerprint density at radius 1 is 1.45 bits per heavy atom. The minimum atomic E-state index is -0.103. The first kappa shape index (κ1) is 14.9. The Hall–Kier alpha value is -1.49. The van der Waals surface area contributed by atoms with Crippen molar-refractivity contribution in [3.63, 3.8) is 0 Å². The number of rotatable bonds is 4. The number of amides is 2. The first-order chi connectivity index (χ1) is 9.47. The van der Waals surface area contributed by atoms with Crippen molar-refractivity contribution in [2.45, 2.75) is 26.8 Å². The van der Waals surface area contributed by atoms with E-state index < -0.39 is 0 Å². The van der Waals surface area contributed by atoms with E-state index in [4.69, 9.17) is 0 Å². The molecule has 0 saturated carbocycles. The fourth-order valence-electron chi connectivity index (χ4n) is 2.30. The standard InChI is InChI=1S/C15H20N2O2S/c1-10-4-5-11(2)13(6-10)12(3)16-14(18)7-17-9-20-8-15(17)19/h4-6,12H,7-9H2,1-3H3,(H,16,18)/t12-/m0/s1. The van der Waals surface area contributed by atoms with Crippen molar-refractivity contribution in [2.75, 3.05) is 18.2 Å². The predicted octanol–water partition coefficient (Wildman–Crippen LogP) is 2.01. The van der Waals surface area contributed by atoms with E-state index in [0.717, 1.165) is 11.1 Å². The lowest BCUT2D eigenvalue weighted by Crippen LogP contribution is -2.39. The number of carbonyl (C=O) groups excluding carboxylic acids is 2. The molecule has 0 radical (unpaired) electrons. The third kappa shape index (κ3) is 3.54. The Balaban J connectivity index is 1.96. The van der Waals surface area contributed by atoms with Gasteiger partial charge in [-0.05, 0) is 31.9 Å². The molecule has 5 heteroatoms. The van der Waals surface area contributed by atoms with Crippen LogP contribution in [-0.2, 0) is 9.59 Å². The molecule has 1 aromatic rings. The van der Waals surface area contributed by atoms with Crippen LogP contribution >= 0.6 is 11.8 Å². The molecule has 0 unspecified atom stereocenters. The second kappa shape index (κ2) is 6.31. The van der Waals surface area contributed by atoms with Gasteiger partial charge in [-0.25, -0.2) is 0 Å². The molecule has 0 aliphatic carbocycles. The third-order valence-corrected chi connectivity index (χ3v) is 4.38. The van der Waals surface area contributed by atoms with Gasteiger partial charge in [0.05, 0.1) is 17.7 Å². The zero-order valence-corrected chi connectivity index (χ0v) is 12.9. The van der Waals surface area contributed by atoms with Gasteiger partial charge in [0, 0.05) is 0 Å². The lowest BCUT2D eigenvalue weighted by atomic mass is 10.00. The van der Waals surface area contributed by atoms with Crippen molar-refractivity contribution < 1.29 is 9.59 Å². The lowest BCUT2D eigenvalue weighted by Gasteiger charge is -2.20. The summed E-state index contributed by atoms with van der Waals surface area (Å²) in [7, 11) is 0. The Morgan fingerprint density at radius 3 is 2.85 bits per heavy atom. The highest BCUT2D eigenvalue weighted by Gasteiger charge is 2.23. The van der Waals surface area contributed by atoms with Gasteiger partial charge in [0.2, 0.25) is 11.8 Å². The number of nitrogens with zero attached hydrogens (tertiary/aromatic N) is 1. The number of benzene rings is 1. The van der Waals surface area contributed by atoms with Gasteiger partial charge < -0.3 is 10.2 Å². The zero-order chi connectivity index (χ0) is 14.7. The highest BCUT2D eigenvalue weighted by molar-refractivity contribution is 8.00. The molecule has 2 rings (SSSR count). The Morgan fingerprint density at radius 2 is 2.20 bits per heavy atom. The Labute approximate surface area is 123 Å². The molecule has 1 aliphatic rings. The molecule has 1 atom stereocenters. The minimum Gasteiger partial charge on any atom is -0.348 e. The maximum absolute atomic E-state index is 12.0. The highest BCUT2D eigenvalue weighted by Crippen LogP contribution is 2.19. The van der Waals surface area contributed by atoms with Gasteiger partial charge in [-0.15, -0.1) is 11.8 Å². The van der Waals surface area contributed by atoms with E-state index in [2.05, 4.69) is 23.5 Å². The van der Waals surface area contributed by atoms with Gasteiger partial charge in [-0.3, -0.25) is 9.59 Å². The van der Waals surface area contributed by atoms with Crippen LogP contribution in [-0.4, -0.2) is 34.9 Å². The molecule has 1 heterocycles. The molecule has 1 fully saturated rings. The summed E-state index contributed by atoms with van der Waals surface area (Å²) in [5.41, 5.74) is 3.47. The fraction of sp³-hybridized carbons (Fsp3) is 0.467. The maximum Gasteiger partial charge on any atom is 0.240 e. The molecule has 1 aliphatic heterocycles. The molecule has 0 spiro atoms. The normalized spacial score (nSPS) is 16.4. The summed E-state index contributed by atoms with van der Waals surface area (Å²) in [5.74, 6) is 1.04. The number of hydrogen-bond donors (Lipinski definition) is 1. The van der Waals surface area contributed by atoms with Crippen molar-refractivity contribution in [3.05, 3.63) is 34.9 Å². The van der Waals surface area contributed by atoms with E-state index in [-0.39, 0.29) is 24.4 Å². The Bertz CT molecular complexity index is 531. The summed E-state index contributed by atoms with van der Waals surface area (Å²) in [5, 5.41) is 2.97. The van der Waals surface area contributed by atoms with Crippen molar-refractivity contribution in [3.8, 4) is 0 Å². The number of nitrogens with one attached hydrogen (secondary N) is 1. The minimum absolute atomic E-state index is 0.0459. The number of hydrogen-bond acceptors (Lipinski definition) is 3. The fourth-order valence-corrected chi connectivity index (χ4v) is 3.21.